The molecule has 1 amide bonds. The van der Waals surface area contributed by atoms with Gasteiger partial charge in [-0.05, 0) is 6.07 Å². The van der Waals surface area contributed by atoms with Crippen molar-refractivity contribution in [2.24, 2.45) is 0 Å². The molecule has 0 atom stereocenters. The third kappa shape index (κ3) is 1.88. The highest BCUT2D eigenvalue weighted by Crippen LogP contribution is 2.25. The van der Waals surface area contributed by atoms with Crippen LogP contribution in [0, 0.1) is 0 Å². The number of carbonyl (C=O) groups is 1. The fourth-order valence-corrected chi connectivity index (χ4v) is 1.79. The van der Waals surface area contributed by atoms with Crippen molar-refractivity contribution >= 4 is 22.8 Å². The number of benzene rings is 1. The normalized spacial score (nSPS) is 10.6. The maximum atomic E-state index is 12.1. The van der Waals surface area contributed by atoms with Crippen molar-refractivity contribution in [3.05, 3.63) is 30.2 Å². The van der Waals surface area contributed by atoms with E-state index < -0.39 is 0 Å². The molecule has 0 spiro atoms. The van der Waals surface area contributed by atoms with Crippen LogP contribution >= 0.6 is 0 Å². The molecule has 0 aliphatic rings. The lowest BCUT2D eigenvalue weighted by atomic mass is 10.2. The van der Waals surface area contributed by atoms with Crippen molar-refractivity contribution in [1.82, 2.24) is 25.4 Å². The Morgan fingerprint density at radius 1 is 1.37 bits per heavy atom. The van der Waals surface area contributed by atoms with Crippen molar-refractivity contribution in [3.63, 3.8) is 0 Å². The van der Waals surface area contributed by atoms with Crippen molar-refractivity contribution < 1.29 is 9.53 Å². The highest BCUT2D eigenvalue weighted by molar-refractivity contribution is 6.11. The molecule has 0 fully saturated rings. The standard InChI is InChI=1S/C11H10N6O2/c1-19-7-4-2-3-6-8(7)15-16-9(6)10(18)14-11-12-5-13-17-11/h2-5H,1H3,(H,15,16)(H2,12,13,14,17,18). The number of hydrogen-bond donors (Lipinski definition) is 3. The highest BCUT2D eigenvalue weighted by atomic mass is 16.5. The van der Waals surface area contributed by atoms with E-state index in [1.807, 2.05) is 0 Å². The first kappa shape index (κ1) is 11.2. The van der Waals surface area contributed by atoms with Gasteiger partial charge >= 0.3 is 0 Å². The van der Waals surface area contributed by atoms with Gasteiger partial charge in [0.25, 0.3) is 5.91 Å². The van der Waals surface area contributed by atoms with Crippen LogP contribution in [0.25, 0.3) is 10.9 Å². The number of methoxy groups -OCH3 is 1. The van der Waals surface area contributed by atoms with Crippen LogP contribution < -0.4 is 10.1 Å². The molecule has 0 radical (unpaired) electrons. The second-order valence-electron chi connectivity index (χ2n) is 3.74. The Morgan fingerprint density at radius 2 is 2.26 bits per heavy atom. The second-order valence-corrected chi connectivity index (χ2v) is 3.74. The van der Waals surface area contributed by atoms with Gasteiger partial charge in [0.05, 0.1) is 7.11 Å². The van der Waals surface area contributed by atoms with E-state index in [9.17, 15) is 4.79 Å². The molecule has 3 N–H and O–H groups in total. The Hall–Kier alpha value is -2.90. The van der Waals surface area contributed by atoms with Crippen LogP contribution in [0.3, 0.4) is 0 Å². The van der Waals surface area contributed by atoms with E-state index in [1.165, 1.54) is 6.33 Å². The molecule has 19 heavy (non-hydrogen) atoms. The van der Waals surface area contributed by atoms with E-state index in [2.05, 4.69) is 30.7 Å². The number of carbonyl (C=O) groups excluding carboxylic acids is 1. The van der Waals surface area contributed by atoms with Crippen LogP contribution in [-0.2, 0) is 0 Å². The number of hydrogen-bond acceptors (Lipinski definition) is 5. The minimum atomic E-state index is -0.378. The van der Waals surface area contributed by atoms with Crippen molar-refractivity contribution in [2.45, 2.75) is 0 Å². The van der Waals surface area contributed by atoms with Crippen LogP contribution in [0.2, 0.25) is 0 Å². The minimum Gasteiger partial charge on any atom is -0.494 e. The first-order chi connectivity index (χ1) is 9.29. The van der Waals surface area contributed by atoms with Gasteiger partial charge in [-0.3, -0.25) is 15.2 Å². The SMILES string of the molecule is COc1cccc2c(C(=O)Nc3ncn[nH]3)n[nH]c12. The number of nitrogens with zero attached hydrogens (tertiary/aromatic N) is 3. The minimum absolute atomic E-state index is 0.268. The monoisotopic (exact) mass is 258 g/mol. The predicted molar refractivity (Wildman–Crippen MR) is 67.0 cm³/mol. The first-order valence-corrected chi connectivity index (χ1v) is 5.47. The summed E-state index contributed by atoms with van der Waals surface area (Å²) in [7, 11) is 1.56. The molecule has 8 nitrogen and oxygen atoms in total. The third-order valence-electron chi connectivity index (χ3n) is 2.64. The predicted octanol–water partition coefficient (Wildman–Crippen LogP) is 0.942. The molecule has 0 bridgehead atoms. The van der Waals surface area contributed by atoms with Gasteiger partial charge in [0.2, 0.25) is 5.95 Å². The summed E-state index contributed by atoms with van der Waals surface area (Å²) in [6.07, 6.45) is 1.31. The summed E-state index contributed by atoms with van der Waals surface area (Å²) in [6, 6.07) is 5.37. The Kier molecular flexibility index (Phi) is 2.60. The van der Waals surface area contributed by atoms with Crippen molar-refractivity contribution in [1.29, 1.82) is 0 Å². The average molecular weight is 258 g/mol. The van der Waals surface area contributed by atoms with Crippen LogP contribution in [-0.4, -0.2) is 38.4 Å². The maximum absolute atomic E-state index is 12.1. The number of H-pyrrole nitrogens is 2. The molecule has 96 valence electrons. The van der Waals surface area contributed by atoms with Crippen molar-refractivity contribution in [2.75, 3.05) is 12.4 Å². The van der Waals surface area contributed by atoms with Gasteiger partial charge in [-0.15, -0.1) is 0 Å². The summed E-state index contributed by atoms with van der Waals surface area (Å²) in [5.74, 6) is 0.518. The lowest BCUT2D eigenvalue weighted by Gasteiger charge is -2.01. The molecule has 0 saturated heterocycles. The number of para-hydroxylation sites is 1. The molecule has 0 unspecified atom stereocenters. The summed E-state index contributed by atoms with van der Waals surface area (Å²) in [4.78, 5) is 15.9. The average Bonchev–Trinajstić information content (AvgIpc) is 3.06. The highest BCUT2D eigenvalue weighted by Gasteiger charge is 2.16. The summed E-state index contributed by atoms with van der Waals surface area (Å²) in [6.45, 7) is 0. The van der Waals surface area contributed by atoms with E-state index in [4.69, 9.17) is 4.74 Å². The summed E-state index contributed by atoms with van der Waals surface area (Å²) in [5.41, 5.74) is 0.943. The van der Waals surface area contributed by atoms with Gasteiger partial charge in [0.1, 0.15) is 17.6 Å². The Balaban J connectivity index is 1.99. The Bertz CT molecular complexity index is 718. The Labute approximate surface area is 107 Å². The molecule has 0 aliphatic heterocycles. The van der Waals surface area contributed by atoms with E-state index in [-0.39, 0.29) is 17.5 Å². The number of fused-ring (bicyclic) bond motifs is 1. The van der Waals surface area contributed by atoms with E-state index in [0.29, 0.717) is 16.7 Å². The van der Waals surface area contributed by atoms with Crippen molar-refractivity contribution in [3.8, 4) is 5.75 Å². The molecule has 0 aliphatic carbocycles. The van der Waals surface area contributed by atoms with E-state index in [1.54, 1.807) is 25.3 Å². The number of aromatic amines is 2. The lowest BCUT2D eigenvalue weighted by molar-refractivity contribution is 0.102. The first-order valence-electron chi connectivity index (χ1n) is 5.47. The van der Waals surface area contributed by atoms with Crippen LogP contribution in [0.4, 0.5) is 5.95 Å². The number of ether oxygens (including phenoxy) is 1. The molecule has 2 aromatic heterocycles. The number of anilines is 1. The van der Waals surface area contributed by atoms with Gasteiger partial charge in [0.15, 0.2) is 5.69 Å². The number of aromatic nitrogens is 5. The molecule has 3 aromatic rings. The molecule has 2 heterocycles. The molecule has 0 saturated carbocycles. The quantitative estimate of drug-likeness (QED) is 0.647. The van der Waals surface area contributed by atoms with Crippen LogP contribution in [0.15, 0.2) is 24.5 Å². The van der Waals surface area contributed by atoms with Gasteiger partial charge in [-0.1, -0.05) is 12.1 Å². The fraction of sp³-hybridized carbons (Fsp3) is 0.0909. The lowest BCUT2D eigenvalue weighted by Crippen LogP contribution is -2.13. The molecule has 8 heteroatoms. The molecule has 3 rings (SSSR count). The maximum Gasteiger partial charge on any atom is 0.279 e. The molecular formula is C11H10N6O2. The molecular weight excluding hydrogens is 248 g/mol. The van der Waals surface area contributed by atoms with Crippen LogP contribution in [0.5, 0.6) is 5.75 Å². The number of nitrogens with one attached hydrogen (secondary N) is 3. The largest absolute Gasteiger partial charge is 0.494 e. The number of amides is 1. The van der Waals surface area contributed by atoms with Crippen LogP contribution in [0.1, 0.15) is 10.5 Å². The topological polar surface area (TPSA) is 109 Å². The van der Waals surface area contributed by atoms with Gasteiger partial charge < -0.3 is 4.74 Å². The van der Waals surface area contributed by atoms with Gasteiger partial charge in [-0.25, -0.2) is 5.10 Å². The van der Waals surface area contributed by atoms with E-state index in [0.717, 1.165) is 0 Å². The Morgan fingerprint density at radius 3 is 3.00 bits per heavy atom. The summed E-state index contributed by atoms with van der Waals surface area (Å²) >= 11 is 0. The number of rotatable bonds is 3. The zero-order valence-electron chi connectivity index (χ0n) is 9.97. The summed E-state index contributed by atoms with van der Waals surface area (Å²) < 4.78 is 5.19. The molecule has 1 aromatic carbocycles. The van der Waals surface area contributed by atoms with Gasteiger partial charge in [-0.2, -0.15) is 15.2 Å². The smallest absolute Gasteiger partial charge is 0.279 e. The van der Waals surface area contributed by atoms with E-state index >= 15 is 0 Å². The third-order valence-corrected chi connectivity index (χ3v) is 2.64. The zero-order chi connectivity index (χ0) is 13.2. The summed E-state index contributed by atoms with van der Waals surface area (Å²) in [5, 5.41) is 16.2. The van der Waals surface area contributed by atoms with Gasteiger partial charge in [0, 0.05) is 5.39 Å². The zero-order valence-corrected chi connectivity index (χ0v) is 9.97. The second kappa shape index (κ2) is 4.41. The fourth-order valence-electron chi connectivity index (χ4n) is 1.79.